The van der Waals surface area contributed by atoms with Gasteiger partial charge in [-0.25, -0.2) is 4.98 Å². The van der Waals surface area contributed by atoms with E-state index in [4.69, 9.17) is 9.72 Å². The highest BCUT2D eigenvalue weighted by atomic mass is 32.1. The molecule has 0 aromatic heterocycles. The Bertz CT molecular complexity index is 1100. The van der Waals surface area contributed by atoms with Crippen molar-refractivity contribution in [1.82, 2.24) is 4.98 Å². The lowest BCUT2D eigenvalue weighted by Crippen LogP contribution is -2.14. The molecule has 4 nitrogen and oxygen atoms in total. The molecule has 4 rings (SSSR count). The Hall–Kier alpha value is -2.79. The SMILES string of the molecule is CC(=O)Oc1c2sc3ccccc3nc-2c2ccccc2c1=O. The van der Waals surface area contributed by atoms with Crippen LogP contribution in [-0.2, 0) is 4.79 Å². The van der Waals surface area contributed by atoms with E-state index in [1.807, 2.05) is 36.4 Å². The van der Waals surface area contributed by atoms with Crippen LogP contribution in [0, 0.1) is 0 Å². The number of nitrogens with zero attached hydrogens (tertiary/aromatic N) is 1. The topological polar surface area (TPSA) is 56.3 Å². The third-order valence-electron chi connectivity index (χ3n) is 3.61. The summed E-state index contributed by atoms with van der Waals surface area (Å²) in [6.45, 7) is 1.29. The van der Waals surface area contributed by atoms with Crippen molar-refractivity contribution < 1.29 is 9.53 Å². The fourth-order valence-corrected chi connectivity index (χ4v) is 3.72. The molecule has 0 fully saturated rings. The molecule has 0 amide bonds. The van der Waals surface area contributed by atoms with Gasteiger partial charge in [-0.15, -0.1) is 11.3 Å². The lowest BCUT2D eigenvalue weighted by atomic mass is 10.0. The van der Waals surface area contributed by atoms with Crippen molar-refractivity contribution in [1.29, 1.82) is 0 Å². The molecule has 2 aliphatic rings. The Morgan fingerprint density at radius 2 is 1.74 bits per heavy atom. The van der Waals surface area contributed by atoms with E-state index >= 15 is 0 Å². The molecule has 0 N–H and O–H groups in total. The van der Waals surface area contributed by atoms with Crippen molar-refractivity contribution in [3.8, 4) is 16.3 Å². The van der Waals surface area contributed by atoms with Gasteiger partial charge in [0.15, 0.2) is 5.75 Å². The highest BCUT2D eigenvalue weighted by Gasteiger charge is 2.22. The van der Waals surface area contributed by atoms with Crippen molar-refractivity contribution in [2.24, 2.45) is 0 Å². The summed E-state index contributed by atoms with van der Waals surface area (Å²) in [7, 11) is 0. The van der Waals surface area contributed by atoms with Crippen LogP contribution in [0.15, 0.2) is 53.3 Å². The minimum Gasteiger partial charge on any atom is -0.421 e. The van der Waals surface area contributed by atoms with E-state index in [9.17, 15) is 9.59 Å². The Kier molecular flexibility index (Phi) is 3.09. The largest absolute Gasteiger partial charge is 0.421 e. The van der Waals surface area contributed by atoms with Crippen molar-refractivity contribution in [3.05, 3.63) is 58.8 Å². The van der Waals surface area contributed by atoms with Crippen LogP contribution in [0.3, 0.4) is 0 Å². The fraction of sp³-hybridized carbons (Fsp3) is 0.0556. The van der Waals surface area contributed by atoms with Crippen LogP contribution in [0.2, 0.25) is 0 Å². The summed E-state index contributed by atoms with van der Waals surface area (Å²) in [6.07, 6.45) is 0. The number of benzene rings is 3. The van der Waals surface area contributed by atoms with E-state index in [-0.39, 0.29) is 11.2 Å². The van der Waals surface area contributed by atoms with Gasteiger partial charge in [0.25, 0.3) is 0 Å². The molecular weight excluding hydrogens is 310 g/mol. The average molecular weight is 321 g/mol. The first kappa shape index (κ1) is 13.8. The number of aromatic nitrogens is 1. The Labute approximate surface area is 135 Å². The van der Waals surface area contributed by atoms with Gasteiger partial charge < -0.3 is 4.74 Å². The van der Waals surface area contributed by atoms with Crippen molar-refractivity contribution in [3.63, 3.8) is 0 Å². The van der Waals surface area contributed by atoms with Crippen LogP contribution in [0.25, 0.3) is 31.6 Å². The quantitative estimate of drug-likeness (QED) is 0.231. The Balaban J connectivity index is 2.25. The van der Waals surface area contributed by atoms with Crippen LogP contribution in [0.5, 0.6) is 5.75 Å². The van der Waals surface area contributed by atoms with Crippen LogP contribution in [-0.4, -0.2) is 11.0 Å². The summed E-state index contributed by atoms with van der Waals surface area (Å²) in [6, 6.07) is 14.9. The first-order valence-electron chi connectivity index (χ1n) is 7.08. The molecule has 2 aromatic carbocycles. The summed E-state index contributed by atoms with van der Waals surface area (Å²) < 4.78 is 6.17. The van der Waals surface area contributed by atoms with Gasteiger partial charge in [-0.2, -0.15) is 0 Å². The summed E-state index contributed by atoms with van der Waals surface area (Å²) in [4.78, 5) is 29.4. The molecule has 0 saturated heterocycles. The molecule has 23 heavy (non-hydrogen) atoms. The second-order valence-corrected chi connectivity index (χ2v) is 6.21. The molecule has 5 heteroatoms. The van der Waals surface area contributed by atoms with Crippen LogP contribution < -0.4 is 10.2 Å². The molecule has 2 aromatic rings. The Morgan fingerprint density at radius 1 is 1.04 bits per heavy atom. The maximum absolute atomic E-state index is 12.7. The molecule has 0 radical (unpaired) electrons. The standard InChI is InChI=1S/C18H11NO3S/c1-10(20)22-17-16(21)12-7-3-2-6-11(12)15-18(17)23-14-9-5-4-8-13(14)19-15/h2-9H,1H3. The summed E-state index contributed by atoms with van der Waals surface area (Å²) >= 11 is 1.41. The summed E-state index contributed by atoms with van der Waals surface area (Å²) in [5, 5.41) is 1.27. The van der Waals surface area contributed by atoms with Gasteiger partial charge in [0.2, 0.25) is 5.43 Å². The van der Waals surface area contributed by atoms with Crippen LogP contribution >= 0.6 is 11.3 Å². The molecule has 0 atom stereocenters. The number of ether oxygens (including phenoxy) is 1. The van der Waals surface area contributed by atoms with Gasteiger partial charge in [-0.05, 0) is 12.1 Å². The van der Waals surface area contributed by atoms with Gasteiger partial charge in [0, 0.05) is 17.7 Å². The summed E-state index contributed by atoms with van der Waals surface area (Å²) in [5.74, 6) is -0.450. The molecule has 1 heterocycles. The first-order valence-corrected chi connectivity index (χ1v) is 7.89. The van der Waals surface area contributed by atoms with E-state index in [1.54, 1.807) is 12.1 Å². The number of esters is 1. The zero-order valence-corrected chi connectivity index (χ0v) is 13.0. The van der Waals surface area contributed by atoms with E-state index < -0.39 is 5.97 Å². The van der Waals surface area contributed by atoms with E-state index in [0.29, 0.717) is 16.0 Å². The lowest BCUT2D eigenvalue weighted by Gasteiger charge is -2.13. The number of rotatable bonds is 1. The third-order valence-corrected chi connectivity index (χ3v) is 4.76. The van der Waals surface area contributed by atoms with E-state index in [0.717, 1.165) is 15.6 Å². The predicted octanol–water partition coefficient (Wildman–Crippen LogP) is 3.84. The highest BCUT2D eigenvalue weighted by molar-refractivity contribution is 7.21. The van der Waals surface area contributed by atoms with Gasteiger partial charge >= 0.3 is 5.97 Å². The van der Waals surface area contributed by atoms with Gasteiger partial charge in [0.1, 0.15) is 4.88 Å². The second kappa shape index (κ2) is 5.14. The minimum atomic E-state index is -0.515. The number of hydrogen-bond acceptors (Lipinski definition) is 5. The van der Waals surface area contributed by atoms with E-state index in [2.05, 4.69) is 0 Å². The lowest BCUT2D eigenvalue weighted by molar-refractivity contribution is -0.131. The van der Waals surface area contributed by atoms with Gasteiger partial charge in [-0.1, -0.05) is 36.4 Å². The Morgan fingerprint density at radius 3 is 2.52 bits per heavy atom. The first-order chi connectivity index (χ1) is 11.1. The molecule has 1 aliphatic heterocycles. The maximum Gasteiger partial charge on any atom is 0.308 e. The monoisotopic (exact) mass is 321 g/mol. The van der Waals surface area contributed by atoms with Crippen LogP contribution in [0.4, 0.5) is 0 Å². The maximum atomic E-state index is 12.7. The normalized spacial score (nSPS) is 11.2. The van der Waals surface area contributed by atoms with Crippen molar-refractivity contribution in [2.45, 2.75) is 6.92 Å². The third kappa shape index (κ3) is 2.17. The molecular formula is C18H11NO3S. The number of carbonyl (C=O) groups is 1. The molecule has 112 valence electrons. The molecule has 0 unspecified atom stereocenters. The smallest absolute Gasteiger partial charge is 0.308 e. The molecule has 0 spiro atoms. The number of fused-ring (bicyclic) bond motifs is 4. The van der Waals surface area contributed by atoms with E-state index in [1.165, 1.54) is 18.3 Å². The molecule has 0 saturated carbocycles. The zero-order valence-electron chi connectivity index (χ0n) is 12.2. The van der Waals surface area contributed by atoms with Crippen LogP contribution in [0.1, 0.15) is 6.92 Å². The van der Waals surface area contributed by atoms with Crippen molar-refractivity contribution in [2.75, 3.05) is 0 Å². The minimum absolute atomic E-state index is 0.0643. The second-order valence-electron chi connectivity index (χ2n) is 5.16. The molecule has 0 bridgehead atoms. The van der Waals surface area contributed by atoms with Gasteiger partial charge in [-0.3, -0.25) is 9.59 Å². The predicted molar refractivity (Wildman–Crippen MR) is 91.3 cm³/mol. The fourth-order valence-electron chi connectivity index (χ4n) is 2.65. The number of hydrogen-bond donors (Lipinski definition) is 0. The molecule has 1 aliphatic carbocycles. The number of carbonyl (C=O) groups excluding carboxylic acids is 1. The number of para-hydroxylation sites is 1. The average Bonchev–Trinajstić information content (AvgIpc) is 2.57. The zero-order chi connectivity index (χ0) is 16.0. The van der Waals surface area contributed by atoms with Gasteiger partial charge in [0.05, 0.1) is 15.9 Å². The van der Waals surface area contributed by atoms with Crippen molar-refractivity contribution >= 4 is 38.3 Å². The summed E-state index contributed by atoms with van der Waals surface area (Å²) in [5.41, 5.74) is 1.25. The highest BCUT2D eigenvalue weighted by Crippen LogP contribution is 2.40.